The summed E-state index contributed by atoms with van der Waals surface area (Å²) in [5.41, 5.74) is 0.513. The van der Waals surface area contributed by atoms with Gasteiger partial charge >= 0.3 is 18.1 Å². The van der Waals surface area contributed by atoms with Crippen molar-refractivity contribution in [3.8, 4) is 11.8 Å². The average Bonchev–Trinajstić information content (AvgIpc) is 3.14. The second kappa shape index (κ2) is 11.3. The van der Waals surface area contributed by atoms with Crippen LogP contribution in [0.4, 0.5) is 19.1 Å². The monoisotopic (exact) mass is 503 g/mol. The molecule has 1 atom stereocenters. The standard InChI is InChI=1S/C18H23N5O3S.C2HF3O2/c1-4-5-11-23-13-14(19-17(23)22-9-7-6-8-10-22)20-18(21(3)15(13)24)27-12(2)16(25)26;3-2(4,5)1(6)7/h12H,6-11H2,1-3H3,(H,25,26);(H,6,7). The lowest BCUT2D eigenvalue weighted by Crippen LogP contribution is -2.32. The first-order valence-corrected chi connectivity index (χ1v) is 11.1. The molecule has 10 nitrogen and oxygen atoms in total. The maximum absolute atomic E-state index is 13.0. The molecule has 0 aromatic carbocycles. The Morgan fingerprint density at radius 2 is 1.76 bits per heavy atom. The summed E-state index contributed by atoms with van der Waals surface area (Å²) in [5.74, 6) is 2.89. The Balaban J connectivity index is 0.000000509. The highest BCUT2D eigenvalue weighted by Gasteiger charge is 2.38. The molecular formula is C20H24F3N5O5S. The molecule has 2 aromatic heterocycles. The number of halogens is 3. The van der Waals surface area contributed by atoms with E-state index in [2.05, 4.69) is 26.7 Å². The molecule has 3 rings (SSSR count). The predicted molar refractivity (Wildman–Crippen MR) is 119 cm³/mol. The summed E-state index contributed by atoms with van der Waals surface area (Å²) < 4.78 is 35.0. The molecule has 0 bridgehead atoms. The van der Waals surface area contributed by atoms with E-state index in [1.54, 1.807) is 20.9 Å². The quantitative estimate of drug-likeness (QED) is 0.359. The van der Waals surface area contributed by atoms with Gasteiger partial charge in [-0.2, -0.15) is 18.2 Å². The third kappa shape index (κ3) is 6.43. The summed E-state index contributed by atoms with van der Waals surface area (Å²) in [6.45, 7) is 5.48. The Morgan fingerprint density at radius 1 is 1.18 bits per heavy atom. The number of thioether (sulfide) groups is 1. The van der Waals surface area contributed by atoms with Gasteiger partial charge in [0.2, 0.25) is 5.95 Å². The van der Waals surface area contributed by atoms with E-state index >= 15 is 0 Å². The fraction of sp³-hybridized carbons (Fsp3) is 0.550. The lowest BCUT2D eigenvalue weighted by molar-refractivity contribution is -0.192. The van der Waals surface area contributed by atoms with Crippen LogP contribution >= 0.6 is 11.8 Å². The van der Waals surface area contributed by atoms with Gasteiger partial charge in [-0.1, -0.05) is 17.7 Å². The SMILES string of the molecule is CC#CCn1c(N2CCCCC2)nc2nc(SC(C)C(=O)O)n(C)c(=O)c21.O=C(O)C(F)(F)F. The Labute approximate surface area is 196 Å². The van der Waals surface area contributed by atoms with Crippen LogP contribution in [0.5, 0.6) is 0 Å². The van der Waals surface area contributed by atoms with E-state index < -0.39 is 23.4 Å². The van der Waals surface area contributed by atoms with Crippen LogP contribution in [0.1, 0.15) is 33.1 Å². The molecule has 1 aliphatic rings. The third-order valence-corrected chi connectivity index (χ3v) is 5.98. The number of piperidine rings is 1. The number of hydrogen-bond acceptors (Lipinski definition) is 7. The van der Waals surface area contributed by atoms with Gasteiger partial charge < -0.3 is 15.1 Å². The smallest absolute Gasteiger partial charge is 0.480 e. The number of fused-ring (bicyclic) bond motifs is 1. The second-order valence-electron chi connectivity index (χ2n) is 7.30. The van der Waals surface area contributed by atoms with E-state index in [4.69, 9.17) is 15.0 Å². The van der Waals surface area contributed by atoms with Gasteiger partial charge in [-0.05, 0) is 33.1 Å². The van der Waals surface area contributed by atoms with Gasteiger partial charge in [-0.3, -0.25) is 18.7 Å². The van der Waals surface area contributed by atoms with Crippen LogP contribution in [0.25, 0.3) is 11.2 Å². The van der Waals surface area contributed by atoms with Crippen molar-refractivity contribution in [1.29, 1.82) is 0 Å². The van der Waals surface area contributed by atoms with Crippen molar-refractivity contribution in [2.45, 2.75) is 56.2 Å². The van der Waals surface area contributed by atoms with Crippen molar-refractivity contribution < 1.29 is 33.0 Å². The zero-order chi connectivity index (χ0) is 25.6. The summed E-state index contributed by atoms with van der Waals surface area (Å²) in [7, 11) is 1.61. The summed E-state index contributed by atoms with van der Waals surface area (Å²) in [6.07, 6.45) is -1.71. The zero-order valence-corrected chi connectivity index (χ0v) is 19.5. The number of carboxylic acids is 2. The van der Waals surface area contributed by atoms with Crippen LogP contribution in [0.3, 0.4) is 0 Å². The number of alkyl halides is 3. The largest absolute Gasteiger partial charge is 0.490 e. The number of hydrogen-bond donors (Lipinski definition) is 2. The van der Waals surface area contributed by atoms with E-state index in [1.807, 2.05) is 4.57 Å². The predicted octanol–water partition coefficient (Wildman–Crippen LogP) is 2.34. The van der Waals surface area contributed by atoms with E-state index in [9.17, 15) is 22.8 Å². The van der Waals surface area contributed by atoms with Crippen molar-refractivity contribution in [3.63, 3.8) is 0 Å². The normalized spacial score (nSPS) is 14.6. The molecule has 0 aliphatic carbocycles. The van der Waals surface area contributed by atoms with E-state index in [1.165, 1.54) is 11.0 Å². The molecule has 1 unspecified atom stereocenters. The third-order valence-electron chi connectivity index (χ3n) is 4.85. The number of aliphatic carboxylic acids is 2. The number of carboxylic acid groups (broad SMARTS) is 2. The molecule has 1 saturated heterocycles. The molecule has 34 heavy (non-hydrogen) atoms. The molecule has 0 radical (unpaired) electrons. The minimum absolute atomic E-state index is 0.242. The van der Waals surface area contributed by atoms with E-state index in [0.29, 0.717) is 28.8 Å². The number of rotatable bonds is 5. The van der Waals surface area contributed by atoms with Crippen molar-refractivity contribution >= 4 is 40.8 Å². The number of anilines is 1. The van der Waals surface area contributed by atoms with Crippen LogP contribution in [-0.4, -0.2) is 65.8 Å². The topological polar surface area (TPSA) is 131 Å². The fourth-order valence-corrected chi connectivity index (χ4v) is 3.88. The Bertz CT molecular complexity index is 1180. The molecule has 2 N–H and O–H groups in total. The van der Waals surface area contributed by atoms with Gasteiger partial charge in [0.25, 0.3) is 5.56 Å². The van der Waals surface area contributed by atoms with Crippen molar-refractivity contribution in [1.82, 2.24) is 19.1 Å². The highest BCUT2D eigenvalue weighted by atomic mass is 32.2. The Kier molecular flexibility index (Phi) is 8.97. The van der Waals surface area contributed by atoms with Crippen LogP contribution in [0.15, 0.2) is 9.95 Å². The van der Waals surface area contributed by atoms with E-state index in [-0.39, 0.29) is 5.56 Å². The van der Waals surface area contributed by atoms with Gasteiger partial charge in [-0.15, -0.1) is 5.92 Å². The molecule has 1 aliphatic heterocycles. The van der Waals surface area contributed by atoms with Gasteiger partial charge in [0.1, 0.15) is 5.25 Å². The van der Waals surface area contributed by atoms with Crippen LogP contribution in [-0.2, 0) is 23.2 Å². The zero-order valence-electron chi connectivity index (χ0n) is 18.7. The molecule has 0 saturated carbocycles. The molecule has 1 fully saturated rings. The average molecular weight is 504 g/mol. The summed E-state index contributed by atoms with van der Waals surface area (Å²) in [5, 5.41) is 15.9. The lowest BCUT2D eigenvalue weighted by atomic mass is 10.1. The number of carbonyl (C=O) groups is 2. The maximum atomic E-state index is 13.0. The minimum Gasteiger partial charge on any atom is -0.480 e. The van der Waals surface area contributed by atoms with Crippen molar-refractivity contribution in [3.05, 3.63) is 10.4 Å². The Morgan fingerprint density at radius 3 is 2.26 bits per heavy atom. The minimum atomic E-state index is -5.08. The lowest BCUT2D eigenvalue weighted by Gasteiger charge is -2.27. The van der Waals surface area contributed by atoms with Crippen molar-refractivity contribution in [2.24, 2.45) is 7.05 Å². The second-order valence-corrected chi connectivity index (χ2v) is 8.61. The van der Waals surface area contributed by atoms with Gasteiger partial charge in [0.05, 0.1) is 6.54 Å². The van der Waals surface area contributed by atoms with Crippen molar-refractivity contribution in [2.75, 3.05) is 18.0 Å². The summed E-state index contributed by atoms with van der Waals surface area (Å²) in [4.78, 5) is 44.4. The molecule has 186 valence electrons. The molecule has 0 amide bonds. The number of imidazole rings is 1. The first-order valence-electron chi connectivity index (χ1n) is 10.2. The molecule has 2 aromatic rings. The molecule has 14 heteroatoms. The van der Waals surface area contributed by atoms with E-state index in [0.717, 1.165) is 37.7 Å². The molecule has 0 spiro atoms. The maximum Gasteiger partial charge on any atom is 0.490 e. The van der Waals surface area contributed by atoms with Crippen LogP contribution < -0.4 is 10.5 Å². The summed E-state index contributed by atoms with van der Waals surface area (Å²) >= 11 is 1.04. The molecule has 3 heterocycles. The number of nitrogens with zero attached hydrogens (tertiary/aromatic N) is 5. The molecular weight excluding hydrogens is 479 g/mol. The highest BCUT2D eigenvalue weighted by molar-refractivity contribution is 8.00. The Hall–Kier alpha value is -3.21. The first kappa shape index (κ1) is 27.0. The highest BCUT2D eigenvalue weighted by Crippen LogP contribution is 2.26. The van der Waals surface area contributed by atoms with Gasteiger partial charge in [0, 0.05) is 20.1 Å². The van der Waals surface area contributed by atoms with Gasteiger partial charge in [-0.25, -0.2) is 9.78 Å². The van der Waals surface area contributed by atoms with Gasteiger partial charge in [0.15, 0.2) is 16.3 Å². The van der Waals surface area contributed by atoms with Crippen LogP contribution in [0.2, 0.25) is 0 Å². The first-order chi connectivity index (χ1) is 15.9. The van der Waals surface area contributed by atoms with Crippen LogP contribution in [0, 0.1) is 11.8 Å². The summed E-state index contributed by atoms with van der Waals surface area (Å²) in [6, 6.07) is 0. The number of aromatic nitrogens is 4. The fourth-order valence-electron chi connectivity index (χ4n) is 3.09.